The van der Waals surface area contributed by atoms with Gasteiger partial charge in [-0.3, -0.25) is 19.2 Å². The fourth-order valence-electron chi connectivity index (χ4n) is 3.17. The molecular formula is C18H29F3N2O4. The third-order valence-corrected chi connectivity index (χ3v) is 4.46. The number of carbonyl (C=O) groups is 3. The number of hydrogen-bond donors (Lipinski definition) is 1. The number of hydroxylamine groups is 2. The number of hydrogen-bond acceptors (Lipinski definition) is 4. The molecule has 0 saturated heterocycles. The number of carbonyl (C=O) groups excluding carboxylic acids is 3. The maximum Gasteiger partial charge on any atom is 0.391 e. The molecule has 0 aromatic carbocycles. The van der Waals surface area contributed by atoms with Crippen molar-refractivity contribution in [1.29, 1.82) is 0 Å². The number of ketones is 1. The Balaban J connectivity index is 2.90. The Labute approximate surface area is 157 Å². The van der Waals surface area contributed by atoms with Crippen LogP contribution in [0.25, 0.3) is 0 Å². The van der Waals surface area contributed by atoms with E-state index in [0.29, 0.717) is 5.06 Å². The molecule has 0 aromatic heterocycles. The molecule has 2 unspecified atom stereocenters. The van der Waals surface area contributed by atoms with Gasteiger partial charge < -0.3 is 5.32 Å². The second kappa shape index (κ2) is 9.52. The van der Waals surface area contributed by atoms with Gasteiger partial charge in [0.05, 0.1) is 12.0 Å². The van der Waals surface area contributed by atoms with E-state index < -0.39 is 35.9 Å². The first kappa shape index (κ1) is 23.4. The van der Waals surface area contributed by atoms with E-state index >= 15 is 0 Å². The number of nitrogens with one attached hydrogen (secondary N) is 1. The van der Waals surface area contributed by atoms with Crippen molar-refractivity contribution in [3.05, 3.63) is 0 Å². The van der Waals surface area contributed by atoms with Gasteiger partial charge in [-0.05, 0) is 46.5 Å². The van der Waals surface area contributed by atoms with Crippen LogP contribution in [0.4, 0.5) is 13.2 Å². The van der Waals surface area contributed by atoms with E-state index in [2.05, 4.69) is 5.32 Å². The summed E-state index contributed by atoms with van der Waals surface area (Å²) in [4.78, 5) is 41.1. The fraction of sp³-hybridized carbons (Fsp3) is 0.833. The van der Waals surface area contributed by atoms with Crippen LogP contribution >= 0.6 is 0 Å². The summed E-state index contributed by atoms with van der Waals surface area (Å²) in [5, 5.41) is 2.80. The van der Waals surface area contributed by atoms with Crippen molar-refractivity contribution in [3.8, 4) is 0 Å². The predicted octanol–water partition coefficient (Wildman–Crippen LogP) is 3.15. The van der Waals surface area contributed by atoms with Crippen molar-refractivity contribution in [2.75, 3.05) is 0 Å². The highest BCUT2D eigenvalue weighted by molar-refractivity contribution is 6.38. The lowest BCUT2D eigenvalue weighted by atomic mass is 9.84. The molecule has 0 radical (unpaired) electrons. The highest BCUT2D eigenvalue weighted by atomic mass is 19.4. The Morgan fingerprint density at radius 2 is 1.74 bits per heavy atom. The standard InChI is InChI=1S/C18H29F3N2O4/c1-12(13-8-6-5-7-9-13)22-16(26)15(25)14(10-18(19,20)21)23(11-24)27-17(2,3)4/h11-14H,5-10H2,1-4H3,(H,22,26). The van der Waals surface area contributed by atoms with Crippen LogP contribution < -0.4 is 5.32 Å². The minimum Gasteiger partial charge on any atom is -0.347 e. The first-order valence-electron chi connectivity index (χ1n) is 9.18. The van der Waals surface area contributed by atoms with Gasteiger partial charge in [0.2, 0.25) is 12.2 Å². The molecule has 2 amide bonds. The molecular weight excluding hydrogens is 365 g/mol. The molecule has 1 aliphatic carbocycles. The van der Waals surface area contributed by atoms with E-state index in [9.17, 15) is 27.6 Å². The van der Waals surface area contributed by atoms with Gasteiger partial charge in [-0.15, -0.1) is 0 Å². The summed E-state index contributed by atoms with van der Waals surface area (Å²) >= 11 is 0. The number of nitrogens with zero attached hydrogens (tertiary/aromatic N) is 1. The zero-order valence-electron chi connectivity index (χ0n) is 16.3. The molecule has 1 aliphatic rings. The van der Waals surface area contributed by atoms with E-state index in [1.165, 1.54) is 20.8 Å². The number of halogens is 3. The molecule has 0 heterocycles. The van der Waals surface area contributed by atoms with Crippen LogP contribution in [0.2, 0.25) is 0 Å². The molecule has 0 aromatic rings. The Morgan fingerprint density at radius 1 is 1.19 bits per heavy atom. The van der Waals surface area contributed by atoms with Crippen LogP contribution in [-0.2, 0) is 19.2 Å². The maximum absolute atomic E-state index is 12.9. The molecule has 0 bridgehead atoms. The molecule has 1 N–H and O–H groups in total. The Hall–Kier alpha value is -1.64. The first-order valence-corrected chi connectivity index (χ1v) is 9.18. The van der Waals surface area contributed by atoms with Crippen molar-refractivity contribution >= 4 is 18.1 Å². The first-order chi connectivity index (χ1) is 12.3. The summed E-state index contributed by atoms with van der Waals surface area (Å²) in [5.41, 5.74) is -1.02. The molecule has 9 heteroatoms. The van der Waals surface area contributed by atoms with Crippen molar-refractivity contribution in [2.45, 2.75) is 90.1 Å². The summed E-state index contributed by atoms with van der Waals surface area (Å²) in [7, 11) is 0. The Morgan fingerprint density at radius 3 is 2.19 bits per heavy atom. The van der Waals surface area contributed by atoms with E-state index in [4.69, 9.17) is 4.84 Å². The average Bonchev–Trinajstić information content (AvgIpc) is 2.56. The molecule has 2 atom stereocenters. The molecule has 6 nitrogen and oxygen atoms in total. The number of Topliss-reactive ketones (excluding diaryl/α,β-unsaturated/α-hetero) is 1. The predicted molar refractivity (Wildman–Crippen MR) is 92.4 cm³/mol. The highest BCUT2D eigenvalue weighted by Gasteiger charge is 2.42. The van der Waals surface area contributed by atoms with Crippen LogP contribution in [0.15, 0.2) is 0 Å². The summed E-state index contributed by atoms with van der Waals surface area (Å²) in [6, 6.07) is -2.40. The molecule has 0 aliphatic heterocycles. The summed E-state index contributed by atoms with van der Waals surface area (Å²) in [6.45, 7) is 6.29. The smallest absolute Gasteiger partial charge is 0.347 e. The van der Waals surface area contributed by atoms with E-state index in [-0.39, 0.29) is 18.4 Å². The topological polar surface area (TPSA) is 75.7 Å². The lowest BCUT2D eigenvalue weighted by molar-refractivity contribution is -0.244. The summed E-state index contributed by atoms with van der Waals surface area (Å²) in [5.74, 6) is -2.29. The molecule has 156 valence electrons. The Kier molecular flexibility index (Phi) is 8.25. The molecule has 27 heavy (non-hydrogen) atoms. The zero-order chi connectivity index (χ0) is 20.8. The fourth-order valence-corrected chi connectivity index (χ4v) is 3.17. The third kappa shape index (κ3) is 8.28. The van der Waals surface area contributed by atoms with Crippen LogP contribution in [0.1, 0.15) is 66.2 Å². The highest BCUT2D eigenvalue weighted by Crippen LogP contribution is 2.28. The Bertz CT molecular complexity index is 526. The summed E-state index contributed by atoms with van der Waals surface area (Å²) in [6.07, 6.45) is -1.46. The van der Waals surface area contributed by atoms with Gasteiger partial charge in [-0.1, -0.05) is 19.3 Å². The van der Waals surface area contributed by atoms with Crippen LogP contribution in [0, 0.1) is 5.92 Å². The lowest BCUT2D eigenvalue weighted by Crippen LogP contribution is -2.53. The quantitative estimate of drug-likeness (QED) is 0.390. The van der Waals surface area contributed by atoms with E-state index in [0.717, 1.165) is 32.1 Å². The SMILES string of the molecule is CC(NC(=O)C(=O)C(CC(F)(F)F)N(C=O)OC(C)(C)C)C1CCCCC1. The molecule has 0 spiro atoms. The van der Waals surface area contributed by atoms with Gasteiger partial charge >= 0.3 is 6.18 Å². The lowest BCUT2D eigenvalue weighted by Gasteiger charge is -2.33. The van der Waals surface area contributed by atoms with Crippen molar-refractivity contribution in [3.63, 3.8) is 0 Å². The van der Waals surface area contributed by atoms with Crippen LogP contribution in [-0.4, -0.2) is 47.0 Å². The van der Waals surface area contributed by atoms with Crippen LogP contribution in [0.5, 0.6) is 0 Å². The molecule has 1 rings (SSSR count). The van der Waals surface area contributed by atoms with Gasteiger partial charge in [0.15, 0.2) is 0 Å². The molecule has 1 fully saturated rings. The van der Waals surface area contributed by atoms with Gasteiger partial charge in [0, 0.05) is 6.04 Å². The van der Waals surface area contributed by atoms with Gasteiger partial charge in [-0.2, -0.15) is 13.2 Å². The van der Waals surface area contributed by atoms with E-state index in [1.54, 1.807) is 6.92 Å². The van der Waals surface area contributed by atoms with Gasteiger partial charge in [0.1, 0.15) is 6.04 Å². The monoisotopic (exact) mass is 394 g/mol. The van der Waals surface area contributed by atoms with Crippen molar-refractivity contribution in [2.24, 2.45) is 5.92 Å². The number of alkyl halides is 3. The molecule has 1 saturated carbocycles. The third-order valence-electron chi connectivity index (χ3n) is 4.46. The van der Waals surface area contributed by atoms with E-state index in [1.807, 2.05) is 0 Å². The minimum absolute atomic E-state index is 0.00258. The normalized spacial score (nSPS) is 18.5. The maximum atomic E-state index is 12.9. The van der Waals surface area contributed by atoms with Gasteiger partial charge in [-0.25, -0.2) is 5.06 Å². The second-order valence-electron chi connectivity index (χ2n) is 8.03. The summed E-state index contributed by atoms with van der Waals surface area (Å²) < 4.78 is 38.8. The zero-order valence-corrected chi connectivity index (χ0v) is 16.3. The van der Waals surface area contributed by atoms with Crippen LogP contribution in [0.3, 0.4) is 0 Å². The average molecular weight is 394 g/mol. The number of rotatable bonds is 8. The minimum atomic E-state index is -4.75. The number of amides is 2. The van der Waals surface area contributed by atoms with Crippen molar-refractivity contribution < 1.29 is 32.4 Å². The second-order valence-corrected chi connectivity index (χ2v) is 8.03. The van der Waals surface area contributed by atoms with Gasteiger partial charge in [0.25, 0.3) is 5.91 Å². The largest absolute Gasteiger partial charge is 0.391 e. The van der Waals surface area contributed by atoms with Crippen molar-refractivity contribution in [1.82, 2.24) is 10.4 Å².